The van der Waals surface area contributed by atoms with Gasteiger partial charge < -0.3 is 4.74 Å². The molecular weight excluding hydrogens is 306 g/mol. The molecule has 1 aromatic heterocycles. The summed E-state index contributed by atoms with van der Waals surface area (Å²) in [7, 11) is -3.44. The van der Waals surface area contributed by atoms with E-state index in [0.29, 0.717) is 23.2 Å². The van der Waals surface area contributed by atoms with Crippen molar-refractivity contribution in [2.45, 2.75) is 36.7 Å². The number of halogens is 1. The van der Waals surface area contributed by atoms with E-state index in [4.69, 9.17) is 16.3 Å². The molecule has 1 aromatic rings. The first-order chi connectivity index (χ1) is 8.74. The molecule has 0 bridgehead atoms. The molecule has 0 spiro atoms. The van der Waals surface area contributed by atoms with Crippen molar-refractivity contribution in [1.29, 1.82) is 0 Å². The molecule has 7 heteroatoms. The Labute approximate surface area is 123 Å². The Kier molecular flexibility index (Phi) is 4.28. The van der Waals surface area contributed by atoms with Crippen molar-refractivity contribution in [3.05, 3.63) is 17.0 Å². The van der Waals surface area contributed by atoms with Crippen LogP contribution < -0.4 is 0 Å². The number of morpholine rings is 1. The Hall–Kier alpha value is -0.140. The number of hydrogen-bond donors (Lipinski definition) is 0. The van der Waals surface area contributed by atoms with Gasteiger partial charge >= 0.3 is 0 Å². The second-order valence-electron chi connectivity index (χ2n) is 5.32. The molecule has 1 atom stereocenters. The molecule has 2 rings (SSSR count). The van der Waals surface area contributed by atoms with Crippen LogP contribution in [0.5, 0.6) is 0 Å². The topological polar surface area (TPSA) is 46.6 Å². The molecule has 1 unspecified atom stereocenters. The Balaban J connectivity index is 2.29. The molecule has 2 heterocycles. The normalized spacial score (nSPS) is 24.5. The molecule has 0 aromatic carbocycles. The van der Waals surface area contributed by atoms with E-state index < -0.39 is 15.6 Å². The number of rotatable bonds is 3. The maximum absolute atomic E-state index is 12.6. The summed E-state index contributed by atoms with van der Waals surface area (Å²) in [5.41, 5.74) is -0.517. The van der Waals surface area contributed by atoms with Gasteiger partial charge in [0.2, 0.25) is 0 Å². The number of ether oxygens (including phenoxy) is 1. The number of sulfonamides is 1. The first-order valence-electron chi connectivity index (χ1n) is 6.05. The number of aryl methyl sites for hydroxylation is 1. The van der Waals surface area contributed by atoms with Crippen LogP contribution in [0.15, 0.2) is 16.3 Å². The standard InChI is InChI=1S/C12H18ClNO3S2/c1-9-4-5-11(18-9)19(15,16)14-7-10(6-13)17-12(2,3)8-14/h4-5,10H,6-8H2,1-3H3. The van der Waals surface area contributed by atoms with Gasteiger partial charge in [-0.3, -0.25) is 0 Å². The predicted octanol–water partition coefficient (Wildman–Crippen LogP) is 2.46. The monoisotopic (exact) mass is 323 g/mol. The summed E-state index contributed by atoms with van der Waals surface area (Å²) in [4.78, 5) is 0.986. The van der Waals surface area contributed by atoms with E-state index in [-0.39, 0.29) is 6.10 Å². The van der Waals surface area contributed by atoms with Crippen molar-refractivity contribution in [3.63, 3.8) is 0 Å². The molecule has 4 nitrogen and oxygen atoms in total. The number of hydrogen-bond acceptors (Lipinski definition) is 4. The van der Waals surface area contributed by atoms with Gasteiger partial charge in [0.25, 0.3) is 10.0 Å². The van der Waals surface area contributed by atoms with Gasteiger partial charge in [0.1, 0.15) is 4.21 Å². The van der Waals surface area contributed by atoms with Crippen molar-refractivity contribution in [1.82, 2.24) is 4.31 Å². The molecule has 108 valence electrons. The third-order valence-corrected chi connectivity index (χ3v) is 6.56. The van der Waals surface area contributed by atoms with Gasteiger partial charge in [-0.2, -0.15) is 4.31 Å². The quantitative estimate of drug-likeness (QED) is 0.803. The minimum absolute atomic E-state index is 0.263. The van der Waals surface area contributed by atoms with Crippen molar-refractivity contribution in [2.75, 3.05) is 19.0 Å². The van der Waals surface area contributed by atoms with Gasteiger partial charge in [-0.1, -0.05) is 0 Å². The summed E-state index contributed by atoms with van der Waals surface area (Å²) in [6.45, 7) is 6.32. The zero-order valence-electron chi connectivity index (χ0n) is 11.2. The smallest absolute Gasteiger partial charge is 0.252 e. The van der Waals surface area contributed by atoms with Gasteiger partial charge in [0.05, 0.1) is 11.7 Å². The lowest BCUT2D eigenvalue weighted by atomic mass is 10.1. The fourth-order valence-electron chi connectivity index (χ4n) is 2.18. The zero-order valence-corrected chi connectivity index (χ0v) is 13.6. The Morgan fingerprint density at radius 2 is 2.21 bits per heavy atom. The highest BCUT2D eigenvalue weighted by Gasteiger charge is 2.39. The van der Waals surface area contributed by atoms with E-state index in [0.717, 1.165) is 4.88 Å². The minimum atomic E-state index is -3.44. The molecule has 1 aliphatic heterocycles. The Morgan fingerprint density at radius 3 is 2.74 bits per heavy atom. The molecule has 1 fully saturated rings. The van der Waals surface area contributed by atoms with Crippen LogP contribution in [0.4, 0.5) is 0 Å². The number of thiophene rings is 1. The summed E-state index contributed by atoms with van der Waals surface area (Å²) in [5, 5.41) is 0. The molecule has 19 heavy (non-hydrogen) atoms. The summed E-state index contributed by atoms with van der Waals surface area (Å²) in [5.74, 6) is 0.291. The second-order valence-corrected chi connectivity index (χ2v) is 9.08. The molecule has 0 radical (unpaired) electrons. The molecule has 1 aliphatic rings. The fourth-order valence-corrected chi connectivity index (χ4v) is 5.40. The SMILES string of the molecule is Cc1ccc(S(=O)(=O)N2CC(CCl)OC(C)(C)C2)s1. The van der Waals surface area contributed by atoms with Crippen molar-refractivity contribution in [3.8, 4) is 0 Å². The second kappa shape index (κ2) is 5.33. The minimum Gasteiger partial charge on any atom is -0.368 e. The maximum Gasteiger partial charge on any atom is 0.252 e. The largest absolute Gasteiger partial charge is 0.368 e. The highest BCUT2D eigenvalue weighted by atomic mass is 35.5. The summed E-state index contributed by atoms with van der Waals surface area (Å²) < 4.78 is 32.8. The van der Waals surface area contributed by atoms with E-state index in [9.17, 15) is 8.42 Å². The predicted molar refractivity (Wildman–Crippen MR) is 77.5 cm³/mol. The molecule has 0 saturated carbocycles. The number of nitrogens with zero attached hydrogens (tertiary/aromatic N) is 1. The Morgan fingerprint density at radius 1 is 1.53 bits per heavy atom. The van der Waals surface area contributed by atoms with Crippen LogP contribution in [0, 0.1) is 6.92 Å². The third-order valence-electron chi connectivity index (χ3n) is 2.93. The van der Waals surface area contributed by atoms with Gasteiger partial charge in [-0.05, 0) is 32.9 Å². The van der Waals surface area contributed by atoms with Gasteiger partial charge in [-0.15, -0.1) is 22.9 Å². The van der Waals surface area contributed by atoms with Crippen LogP contribution in [0.25, 0.3) is 0 Å². The molecule has 0 N–H and O–H groups in total. The van der Waals surface area contributed by atoms with E-state index in [1.165, 1.54) is 15.6 Å². The highest BCUT2D eigenvalue weighted by molar-refractivity contribution is 7.91. The molecule has 1 saturated heterocycles. The lowest BCUT2D eigenvalue weighted by molar-refractivity contribution is -0.107. The third kappa shape index (κ3) is 3.31. The highest BCUT2D eigenvalue weighted by Crippen LogP contribution is 2.30. The lowest BCUT2D eigenvalue weighted by Gasteiger charge is -2.41. The van der Waals surface area contributed by atoms with Crippen LogP contribution in [-0.4, -0.2) is 43.4 Å². The number of alkyl halides is 1. The lowest BCUT2D eigenvalue weighted by Crippen LogP contribution is -2.54. The summed E-state index contributed by atoms with van der Waals surface area (Å²) in [6.07, 6.45) is -0.263. The first kappa shape index (κ1) is 15.3. The fraction of sp³-hybridized carbons (Fsp3) is 0.667. The average Bonchev–Trinajstić information content (AvgIpc) is 2.74. The molecule has 0 aliphatic carbocycles. The van der Waals surface area contributed by atoms with Crippen LogP contribution in [0.3, 0.4) is 0 Å². The van der Waals surface area contributed by atoms with Gasteiger partial charge in [0, 0.05) is 23.8 Å². The zero-order chi connectivity index (χ0) is 14.3. The maximum atomic E-state index is 12.6. The van der Waals surface area contributed by atoms with E-state index in [1.54, 1.807) is 6.07 Å². The Bertz CT molecular complexity index is 553. The van der Waals surface area contributed by atoms with E-state index >= 15 is 0 Å². The summed E-state index contributed by atoms with van der Waals surface area (Å²) in [6, 6.07) is 3.48. The summed E-state index contributed by atoms with van der Waals surface area (Å²) >= 11 is 7.12. The first-order valence-corrected chi connectivity index (χ1v) is 8.84. The van der Waals surface area contributed by atoms with Crippen molar-refractivity contribution in [2.24, 2.45) is 0 Å². The van der Waals surface area contributed by atoms with Crippen LogP contribution >= 0.6 is 22.9 Å². The van der Waals surface area contributed by atoms with E-state index in [2.05, 4.69) is 0 Å². The van der Waals surface area contributed by atoms with Crippen LogP contribution in [0.1, 0.15) is 18.7 Å². The van der Waals surface area contributed by atoms with Crippen molar-refractivity contribution < 1.29 is 13.2 Å². The van der Waals surface area contributed by atoms with Crippen LogP contribution in [-0.2, 0) is 14.8 Å². The van der Waals surface area contributed by atoms with E-state index in [1.807, 2.05) is 26.8 Å². The molecular formula is C12H18ClNO3S2. The van der Waals surface area contributed by atoms with Crippen LogP contribution in [0.2, 0.25) is 0 Å². The van der Waals surface area contributed by atoms with Gasteiger partial charge in [0.15, 0.2) is 0 Å². The average molecular weight is 324 g/mol. The molecule has 0 amide bonds. The van der Waals surface area contributed by atoms with Crippen molar-refractivity contribution >= 4 is 33.0 Å². The van der Waals surface area contributed by atoms with Gasteiger partial charge in [-0.25, -0.2) is 8.42 Å².